The third kappa shape index (κ3) is 4.82. The standard InChI is InChI=1S/C16H11F5N2O4S/c17-12-6-3-10(7-13(12)18)23-14(24)8-22-15(25)9-1-4-11(5-2-9)28(26,27)16(19,20)21/h1-7H,8H2,(H,22,25)(H,23,24). The molecule has 28 heavy (non-hydrogen) atoms. The molecule has 12 heteroatoms. The Morgan fingerprint density at radius 2 is 1.54 bits per heavy atom. The second kappa shape index (κ2) is 7.92. The average molecular weight is 422 g/mol. The fourth-order valence-electron chi connectivity index (χ4n) is 1.96. The predicted octanol–water partition coefficient (Wildman–Crippen LogP) is 2.63. The van der Waals surface area contributed by atoms with Crippen molar-refractivity contribution < 1.29 is 40.0 Å². The number of carbonyl (C=O) groups excluding carboxylic acids is 2. The smallest absolute Gasteiger partial charge is 0.343 e. The van der Waals surface area contributed by atoms with Crippen LogP contribution in [0.15, 0.2) is 47.4 Å². The summed E-state index contributed by atoms with van der Waals surface area (Å²) in [7, 11) is -5.54. The molecule has 0 saturated carbocycles. The van der Waals surface area contributed by atoms with Crippen LogP contribution in [0.2, 0.25) is 0 Å². The van der Waals surface area contributed by atoms with Crippen molar-refractivity contribution >= 4 is 27.3 Å². The molecular weight excluding hydrogens is 411 g/mol. The average Bonchev–Trinajstić information content (AvgIpc) is 2.62. The van der Waals surface area contributed by atoms with Crippen molar-refractivity contribution in [3.05, 3.63) is 59.7 Å². The van der Waals surface area contributed by atoms with E-state index in [2.05, 4.69) is 10.6 Å². The van der Waals surface area contributed by atoms with Crippen LogP contribution >= 0.6 is 0 Å². The van der Waals surface area contributed by atoms with E-state index in [0.717, 1.165) is 30.3 Å². The zero-order chi connectivity index (χ0) is 21.1. The minimum Gasteiger partial charge on any atom is -0.343 e. The van der Waals surface area contributed by atoms with Gasteiger partial charge in [0.1, 0.15) is 0 Å². The molecule has 0 bridgehead atoms. The fraction of sp³-hybridized carbons (Fsp3) is 0.125. The Hall–Kier alpha value is -3.02. The minimum absolute atomic E-state index is 0.0557. The summed E-state index contributed by atoms with van der Waals surface area (Å²) in [5.41, 5.74) is -5.73. The van der Waals surface area contributed by atoms with Gasteiger partial charge in [-0.25, -0.2) is 17.2 Å². The number of amides is 2. The van der Waals surface area contributed by atoms with E-state index in [0.29, 0.717) is 12.1 Å². The highest BCUT2D eigenvalue weighted by Crippen LogP contribution is 2.30. The van der Waals surface area contributed by atoms with Crippen molar-refractivity contribution in [3.63, 3.8) is 0 Å². The van der Waals surface area contributed by atoms with Gasteiger partial charge >= 0.3 is 5.51 Å². The second-order valence-electron chi connectivity index (χ2n) is 5.33. The maximum absolute atomic E-state index is 13.0. The Balaban J connectivity index is 1.97. The molecule has 0 radical (unpaired) electrons. The summed E-state index contributed by atoms with van der Waals surface area (Å²) in [4.78, 5) is 22.5. The van der Waals surface area contributed by atoms with Gasteiger partial charge < -0.3 is 10.6 Å². The largest absolute Gasteiger partial charge is 0.501 e. The van der Waals surface area contributed by atoms with E-state index >= 15 is 0 Å². The fourth-order valence-corrected chi connectivity index (χ4v) is 2.72. The van der Waals surface area contributed by atoms with E-state index in [-0.39, 0.29) is 11.3 Å². The first-order valence-corrected chi connectivity index (χ1v) is 8.84. The second-order valence-corrected chi connectivity index (χ2v) is 7.27. The van der Waals surface area contributed by atoms with Gasteiger partial charge in [-0.2, -0.15) is 13.2 Å². The number of hydrogen-bond acceptors (Lipinski definition) is 4. The molecule has 150 valence electrons. The summed E-state index contributed by atoms with van der Waals surface area (Å²) in [6, 6.07) is 5.54. The zero-order valence-corrected chi connectivity index (χ0v) is 14.5. The van der Waals surface area contributed by atoms with Gasteiger partial charge in [-0.1, -0.05) is 0 Å². The Labute approximate surface area is 155 Å². The van der Waals surface area contributed by atoms with E-state index in [1.807, 2.05) is 0 Å². The van der Waals surface area contributed by atoms with Gasteiger partial charge in [0.05, 0.1) is 11.4 Å². The van der Waals surface area contributed by atoms with Crippen molar-refractivity contribution in [2.75, 3.05) is 11.9 Å². The molecule has 0 aliphatic rings. The van der Waals surface area contributed by atoms with Gasteiger partial charge in [0, 0.05) is 17.3 Å². The number of carbonyl (C=O) groups is 2. The van der Waals surface area contributed by atoms with Crippen LogP contribution in [-0.4, -0.2) is 32.3 Å². The van der Waals surface area contributed by atoms with Crippen LogP contribution in [0.4, 0.5) is 27.6 Å². The van der Waals surface area contributed by atoms with E-state index < -0.39 is 50.2 Å². The lowest BCUT2D eigenvalue weighted by atomic mass is 10.2. The SMILES string of the molecule is O=C(CNC(=O)c1ccc(S(=O)(=O)C(F)(F)F)cc1)Nc1ccc(F)c(F)c1. The van der Waals surface area contributed by atoms with Crippen LogP contribution in [0.1, 0.15) is 10.4 Å². The normalized spacial score (nSPS) is 11.8. The van der Waals surface area contributed by atoms with Gasteiger partial charge in [-0.15, -0.1) is 0 Å². The van der Waals surface area contributed by atoms with E-state index in [1.54, 1.807) is 0 Å². The number of benzene rings is 2. The topological polar surface area (TPSA) is 92.3 Å². The van der Waals surface area contributed by atoms with Crippen molar-refractivity contribution in [2.24, 2.45) is 0 Å². The van der Waals surface area contributed by atoms with Gasteiger partial charge in [0.2, 0.25) is 5.91 Å². The Morgan fingerprint density at radius 3 is 2.07 bits per heavy atom. The number of alkyl halides is 3. The van der Waals surface area contributed by atoms with Crippen LogP contribution in [0.25, 0.3) is 0 Å². The third-order valence-electron chi connectivity index (χ3n) is 3.34. The highest BCUT2D eigenvalue weighted by molar-refractivity contribution is 7.92. The molecule has 2 amide bonds. The summed E-state index contributed by atoms with van der Waals surface area (Å²) in [5.74, 6) is -3.94. The number of anilines is 1. The zero-order valence-electron chi connectivity index (χ0n) is 13.7. The lowest BCUT2D eigenvalue weighted by molar-refractivity contribution is -0.115. The molecule has 0 heterocycles. The van der Waals surface area contributed by atoms with E-state index in [4.69, 9.17) is 0 Å². The molecule has 0 saturated heterocycles. The molecule has 0 spiro atoms. The molecular formula is C16H11F5N2O4S. The molecule has 0 fully saturated rings. The maximum Gasteiger partial charge on any atom is 0.501 e. The first kappa shape index (κ1) is 21.3. The molecule has 6 nitrogen and oxygen atoms in total. The van der Waals surface area contributed by atoms with Crippen LogP contribution < -0.4 is 10.6 Å². The third-order valence-corrected chi connectivity index (χ3v) is 4.85. The number of hydrogen-bond donors (Lipinski definition) is 2. The van der Waals surface area contributed by atoms with Crippen molar-refractivity contribution in [3.8, 4) is 0 Å². The van der Waals surface area contributed by atoms with Gasteiger partial charge in [0.25, 0.3) is 15.7 Å². The Kier molecular flexibility index (Phi) is 6.02. The monoisotopic (exact) mass is 422 g/mol. The molecule has 2 N–H and O–H groups in total. The highest BCUT2D eigenvalue weighted by atomic mass is 32.2. The Bertz CT molecular complexity index is 1000. The van der Waals surface area contributed by atoms with Crippen molar-refractivity contribution in [1.29, 1.82) is 0 Å². The molecule has 2 rings (SSSR count). The van der Waals surface area contributed by atoms with Crippen LogP contribution in [0.3, 0.4) is 0 Å². The summed E-state index contributed by atoms with van der Waals surface area (Å²) < 4.78 is 85.7. The lowest BCUT2D eigenvalue weighted by Gasteiger charge is -2.09. The van der Waals surface area contributed by atoms with Gasteiger partial charge in [-0.05, 0) is 36.4 Å². The maximum atomic E-state index is 13.0. The summed E-state index contributed by atoms with van der Waals surface area (Å²) in [6.45, 7) is -0.583. The molecule has 0 atom stereocenters. The first-order chi connectivity index (χ1) is 12.9. The molecule has 2 aromatic rings. The van der Waals surface area contributed by atoms with Gasteiger partial charge in [-0.3, -0.25) is 9.59 Å². The van der Waals surface area contributed by atoms with E-state index in [1.165, 1.54) is 0 Å². The number of halogens is 5. The molecule has 0 unspecified atom stereocenters. The summed E-state index contributed by atoms with van der Waals surface area (Å²) >= 11 is 0. The van der Waals surface area contributed by atoms with E-state index in [9.17, 15) is 40.0 Å². The quantitative estimate of drug-likeness (QED) is 0.725. The van der Waals surface area contributed by atoms with Crippen LogP contribution in [0.5, 0.6) is 0 Å². The molecule has 0 aromatic heterocycles. The summed E-state index contributed by atoms with van der Waals surface area (Å²) in [6.07, 6.45) is 0. The van der Waals surface area contributed by atoms with Crippen molar-refractivity contribution in [2.45, 2.75) is 10.4 Å². The predicted molar refractivity (Wildman–Crippen MR) is 87.0 cm³/mol. The van der Waals surface area contributed by atoms with Crippen LogP contribution in [-0.2, 0) is 14.6 Å². The Morgan fingerprint density at radius 1 is 0.929 bits per heavy atom. The van der Waals surface area contributed by atoms with Gasteiger partial charge in [0.15, 0.2) is 11.6 Å². The molecule has 2 aromatic carbocycles. The lowest BCUT2D eigenvalue weighted by Crippen LogP contribution is -2.33. The summed E-state index contributed by atoms with van der Waals surface area (Å²) in [5, 5.41) is 4.34. The highest BCUT2D eigenvalue weighted by Gasteiger charge is 2.46. The number of sulfone groups is 1. The van der Waals surface area contributed by atoms with Crippen molar-refractivity contribution in [1.82, 2.24) is 5.32 Å². The number of rotatable bonds is 5. The minimum atomic E-state index is -5.54. The number of nitrogens with one attached hydrogen (secondary N) is 2. The first-order valence-electron chi connectivity index (χ1n) is 7.36. The van der Waals surface area contributed by atoms with Crippen LogP contribution in [0, 0.1) is 11.6 Å². The molecule has 0 aliphatic carbocycles. The molecule has 0 aliphatic heterocycles.